The summed E-state index contributed by atoms with van der Waals surface area (Å²) in [4.78, 5) is 12.3. The van der Waals surface area contributed by atoms with Crippen LogP contribution in [0.25, 0.3) is 0 Å². The molecule has 0 aliphatic carbocycles. The highest BCUT2D eigenvalue weighted by atomic mass is 79.9. The van der Waals surface area contributed by atoms with Crippen LogP contribution in [0.3, 0.4) is 0 Å². The van der Waals surface area contributed by atoms with Crippen molar-refractivity contribution in [3.05, 3.63) is 32.3 Å². The van der Waals surface area contributed by atoms with E-state index in [0.29, 0.717) is 16.0 Å². The van der Waals surface area contributed by atoms with E-state index in [4.69, 9.17) is 16.9 Å². The maximum absolute atomic E-state index is 11.0. The third-order valence-corrected chi connectivity index (χ3v) is 3.75. The summed E-state index contributed by atoms with van der Waals surface area (Å²) < 4.78 is 0.527. The highest BCUT2D eigenvalue weighted by Crippen LogP contribution is 2.34. The summed E-state index contributed by atoms with van der Waals surface area (Å²) in [5, 5.41) is 19.9. The fourth-order valence-electron chi connectivity index (χ4n) is 1.41. The molecule has 0 bridgehead atoms. The van der Waals surface area contributed by atoms with Crippen molar-refractivity contribution >= 4 is 38.9 Å². The Morgan fingerprint density at radius 2 is 2.28 bits per heavy atom. The molecule has 1 aromatic rings. The minimum atomic E-state index is -0.500. The molecule has 1 unspecified atom stereocenters. The first-order valence-electron chi connectivity index (χ1n) is 5.09. The van der Waals surface area contributed by atoms with Crippen LogP contribution in [0.4, 0.5) is 11.4 Å². The molecule has 0 heterocycles. The van der Waals surface area contributed by atoms with Gasteiger partial charge in [0.25, 0.3) is 5.69 Å². The first-order valence-corrected chi connectivity index (χ1v) is 6.42. The van der Waals surface area contributed by atoms with Crippen LogP contribution in [0.5, 0.6) is 0 Å². The predicted molar refractivity (Wildman–Crippen MR) is 74.1 cm³/mol. The maximum atomic E-state index is 11.0. The Balaban J connectivity index is 3.39. The average Bonchev–Trinajstić information content (AvgIpc) is 2.36. The van der Waals surface area contributed by atoms with E-state index in [1.165, 1.54) is 6.07 Å². The Kier molecular flexibility index (Phi) is 4.93. The lowest BCUT2D eigenvalue weighted by atomic mass is 10.1. The normalized spacial score (nSPS) is 11.7. The van der Waals surface area contributed by atoms with E-state index < -0.39 is 4.92 Å². The first kappa shape index (κ1) is 14.7. The predicted octanol–water partition coefficient (Wildman–Crippen LogP) is 3.29. The van der Waals surface area contributed by atoms with Gasteiger partial charge in [0.05, 0.1) is 10.5 Å². The van der Waals surface area contributed by atoms with Gasteiger partial charge in [-0.05, 0) is 28.9 Å². The van der Waals surface area contributed by atoms with E-state index in [1.807, 2.05) is 13.0 Å². The minimum Gasteiger partial charge on any atom is -0.365 e. The topological polar surface area (TPSA) is 70.2 Å². The Labute approximate surface area is 118 Å². The lowest BCUT2D eigenvalue weighted by Gasteiger charge is -2.25. The van der Waals surface area contributed by atoms with Crippen LogP contribution in [-0.4, -0.2) is 23.9 Å². The van der Waals surface area contributed by atoms with Crippen molar-refractivity contribution < 1.29 is 4.92 Å². The van der Waals surface area contributed by atoms with Crippen molar-refractivity contribution in [3.63, 3.8) is 0 Å². The lowest BCUT2D eigenvalue weighted by Crippen LogP contribution is -2.30. The summed E-state index contributed by atoms with van der Waals surface area (Å²) in [6.45, 7) is 1.86. The lowest BCUT2D eigenvalue weighted by molar-refractivity contribution is -0.384. The number of nitriles is 1. The van der Waals surface area contributed by atoms with Gasteiger partial charge < -0.3 is 4.90 Å². The molecule has 1 atom stereocenters. The highest BCUT2D eigenvalue weighted by molar-refractivity contribution is 9.10. The largest absolute Gasteiger partial charge is 0.365 e. The third-order valence-electron chi connectivity index (χ3n) is 2.65. The Morgan fingerprint density at radius 1 is 1.67 bits per heavy atom. The van der Waals surface area contributed by atoms with Crippen molar-refractivity contribution in [2.24, 2.45) is 0 Å². The van der Waals surface area contributed by atoms with Crippen LogP contribution in [0.1, 0.15) is 12.5 Å². The van der Waals surface area contributed by atoms with Crippen molar-refractivity contribution in [2.75, 3.05) is 17.8 Å². The van der Waals surface area contributed by atoms with Crippen LogP contribution in [0, 0.1) is 21.4 Å². The molecular weight excluding hydrogens is 321 g/mol. The number of hydrogen-bond donors (Lipinski definition) is 0. The maximum Gasteiger partial charge on any atom is 0.293 e. The molecule has 0 radical (unpaired) electrons. The Hall–Kier alpha value is -1.32. The number of alkyl halides is 1. The molecule has 0 aliphatic heterocycles. The zero-order valence-electron chi connectivity index (χ0n) is 9.85. The van der Waals surface area contributed by atoms with Gasteiger partial charge in [-0.3, -0.25) is 10.1 Å². The van der Waals surface area contributed by atoms with E-state index in [2.05, 4.69) is 15.9 Å². The molecule has 18 heavy (non-hydrogen) atoms. The van der Waals surface area contributed by atoms with Crippen LogP contribution in [-0.2, 0) is 0 Å². The van der Waals surface area contributed by atoms with E-state index in [-0.39, 0.29) is 17.3 Å². The van der Waals surface area contributed by atoms with Crippen molar-refractivity contribution in [1.82, 2.24) is 0 Å². The van der Waals surface area contributed by atoms with Gasteiger partial charge in [0, 0.05) is 29.5 Å². The molecule has 0 saturated heterocycles. The van der Waals surface area contributed by atoms with Gasteiger partial charge >= 0.3 is 0 Å². The van der Waals surface area contributed by atoms with Crippen molar-refractivity contribution in [3.8, 4) is 6.07 Å². The van der Waals surface area contributed by atoms with Gasteiger partial charge in [0.1, 0.15) is 11.8 Å². The van der Waals surface area contributed by atoms with Gasteiger partial charge in [-0.2, -0.15) is 5.26 Å². The molecule has 5 nitrogen and oxygen atoms in total. The van der Waals surface area contributed by atoms with Crippen LogP contribution in [0.2, 0.25) is 0 Å². The number of nitro benzene ring substituents is 1. The number of rotatable bonds is 4. The quantitative estimate of drug-likeness (QED) is 0.482. The van der Waals surface area contributed by atoms with E-state index in [1.54, 1.807) is 18.0 Å². The SMILES string of the molecule is CC(CCl)N(C)c1cc(Br)c(C#N)cc1[N+](=O)[O-]. The van der Waals surface area contributed by atoms with Crippen LogP contribution < -0.4 is 4.90 Å². The smallest absolute Gasteiger partial charge is 0.293 e. The fraction of sp³-hybridized carbons (Fsp3) is 0.364. The molecule has 0 aromatic heterocycles. The van der Waals surface area contributed by atoms with Gasteiger partial charge in [-0.15, -0.1) is 11.6 Å². The summed E-state index contributed by atoms with van der Waals surface area (Å²) in [6.07, 6.45) is 0. The van der Waals surface area contributed by atoms with Gasteiger partial charge in [-0.25, -0.2) is 0 Å². The molecule has 0 saturated carbocycles. The molecule has 1 aromatic carbocycles. The Bertz CT molecular complexity index is 516. The number of benzene rings is 1. The summed E-state index contributed by atoms with van der Waals surface area (Å²) >= 11 is 8.98. The van der Waals surface area contributed by atoms with Crippen molar-refractivity contribution in [2.45, 2.75) is 13.0 Å². The molecule has 0 N–H and O–H groups in total. The molecular formula is C11H11BrClN3O2. The van der Waals surface area contributed by atoms with E-state index in [9.17, 15) is 10.1 Å². The molecule has 0 spiro atoms. The number of hydrogen-bond acceptors (Lipinski definition) is 4. The highest BCUT2D eigenvalue weighted by Gasteiger charge is 2.22. The van der Waals surface area contributed by atoms with Gasteiger partial charge in [0.15, 0.2) is 0 Å². The minimum absolute atomic E-state index is 0.0507. The molecule has 0 aliphatic rings. The van der Waals surface area contributed by atoms with E-state index >= 15 is 0 Å². The monoisotopic (exact) mass is 331 g/mol. The zero-order chi connectivity index (χ0) is 13.9. The second-order valence-corrected chi connectivity index (χ2v) is 4.97. The number of anilines is 1. The molecule has 0 fully saturated rings. The summed E-state index contributed by atoms with van der Waals surface area (Å²) in [7, 11) is 1.73. The number of nitro groups is 1. The van der Waals surface area contributed by atoms with Crippen LogP contribution in [0.15, 0.2) is 16.6 Å². The first-order chi connectivity index (χ1) is 8.42. The van der Waals surface area contributed by atoms with Crippen molar-refractivity contribution in [1.29, 1.82) is 5.26 Å². The molecule has 96 valence electrons. The van der Waals surface area contributed by atoms with E-state index in [0.717, 1.165) is 0 Å². The van der Waals surface area contributed by atoms with Crippen LogP contribution >= 0.6 is 27.5 Å². The Morgan fingerprint density at radius 3 is 2.72 bits per heavy atom. The third kappa shape index (κ3) is 2.92. The van der Waals surface area contributed by atoms with Gasteiger partial charge in [0.2, 0.25) is 0 Å². The average molecular weight is 333 g/mol. The molecule has 7 heteroatoms. The second kappa shape index (κ2) is 6.03. The van der Waals surface area contributed by atoms with Gasteiger partial charge in [-0.1, -0.05) is 0 Å². The standard InChI is InChI=1S/C11H11BrClN3O2/c1-7(5-13)15(2)10-4-9(12)8(6-14)3-11(10)16(17)18/h3-4,7H,5H2,1-2H3. The second-order valence-electron chi connectivity index (χ2n) is 3.80. The summed E-state index contributed by atoms with van der Waals surface area (Å²) in [5.41, 5.74) is 0.561. The summed E-state index contributed by atoms with van der Waals surface area (Å²) in [5.74, 6) is 0.352. The fourth-order valence-corrected chi connectivity index (χ4v) is 2.03. The number of halogens is 2. The summed E-state index contributed by atoms with van der Waals surface area (Å²) in [6, 6.07) is 4.68. The molecule has 0 amide bonds. The zero-order valence-corrected chi connectivity index (χ0v) is 12.2. The molecule has 1 rings (SSSR count). The number of nitrogens with zero attached hydrogens (tertiary/aromatic N) is 3.